The molecule has 0 amide bonds. The Kier molecular flexibility index (Phi) is 9.99. The summed E-state index contributed by atoms with van der Waals surface area (Å²) in [6.45, 7) is 7.58. The summed E-state index contributed by atoms with van der Waals surface area (Å²) in [5, 5.41) is 0. The average Bonchev–Trinajstić information content (AvgIpc) is 2.28. The van der Waals surface area contributed by atoms with Crippen LogP contribution in [0, 0.1) is 11.8 Å². The third-order valence-electron chi connectivity index (χ3n) is 3.41. The summed E-state index contributed by atoms with van der Waals surface area (Å²) in [6, 6.07) is 0.426. The van der Waals surface area contributed by atoms with E-state index in [4.69, 9.17) is 10.6 Å². The van der Waals surface area contributed by atoms with Crippen molar-refractivity contribution in [2.45, 2.75) is 58.9 Å². The minimum absolute atomic E-state index is 0.426. The minimum Gasteiger partial charge on any atom is -0.385 e. The highest BCUT2D eigenvalue weighted by atomic mass is 16.5. The third kappa shape index (κ3) is 5.83. The number of nitrogens with two attached hydrogens (primary N) is 1. The van der Waals surface area contributed by atoms with E-state index in [9.17, 15) is 0 Å². The van der Waals surface area contributed by atoms with Crippen LogP contribution >= 0.6 is 0 Å². The lowest BCUT2D eigenvalue weighted by Gasteiger charge is -2.31. The molecule has 16 heavy (non-hydrogen) atoms. The fourth-order valence-corrected chi connectivity index (χ4v) is 2.49. The van der Waals surface area contributed by atoms with Crippen molar-refractivity contribution in [2.24, 2.45) is 17.7 Å². The molecule has 98 valence electrons. The molecule has 2 unspecified atom stereocenters. The third-order valence-corrected chi connectivity index (χ3v) is 3.41. The number of hydrazine groups is 1. The molecular formula is C13H30N2O. The molecule has 0 aliphatic carbocycles. The minimum atomic E-state index is 0.426. The second-order valence-corrected chi connectivity index (χ2v) is 4.79. The summed E-state index contributed by atoms with van der Waals surface area (Å²) >= 11 is 0. The van der Waals surface area contributed by atoms with E-state index < -0.39 is 0 Å². The van der Waals surface area contributed by atoms with Gasteiger partial charge in [-0.1, -0.05) is 33.6 Å². The first-order valence-electron chi connectivity index (χ1n) is 6.66. The van der Waals surface area contributed by atoms with Crippen LogP contribution in [0.25, 0.3) is 0 Å². The molecule has 0 saturated heterocycles. The molecule has 0 rings (SSSR count). The van der Waals surface area contributed by atoms with Gasteiger partial charge in [0.25, 0.3) is 0 Å². The number of nitrogens with one attached hydrogen (secondary N) is 1. The summed E-state index contributed by atoms with van der Waals surface area (Å²) in [5.74, 6) is 6.99. The predicted octanol–water partition coefficient (Wildman–Crippen LogP) is 2.71. The van der Waals surface area contributed by atoms with Crippen LogP contribution < -0.4 is 11.3 Å². The maximum atomic E-state index is 5.72. The lowest BCUT2D eigenvalue weighted by Crippen LogP contribution is -2.45. The zero-order valence-corrected chi connectivity index (χ0v) is 11.5. The Hall–Kier alpha value is -0.120. The SMILES string of the molecule is CCCC(CCC)C(NN)C(C)CCOC. The van der Waals surface area contributed by atoms with E-state index in [2.05, 4.69) is 26.2 Å². The molecule has 0 aromatic carbocycles. The standard InChI is InChI=1S/C13H30N2O/c1-5-7-12(8-6-2)13(15-14)11(3)9-10-16-4/h11-13,15H,5-10,14H2,1-4H3. The summed E-state index contributed by atoms with van der Waals surface area (Å²) in [4.78, 5) is 0. The zero-order chi connectivity index (χ0) is 12.4. The van der Waals surface area contributed by atoms with Crippen molar-refractivity contribution >= 4 is 0 Å². The van der Waals surface area contributed by atoms with Gasteiger partial charge >= 0.3 is 0 Å². The molecule has 0 aliphatic rings. The molecule has 0 aromatic rings. The normalized spacial score (nSPS) is 15.4. The average molecular weight is 230 g/mol. The topological polar surface area (TPSA) is 47.3 Å². The van der Waals surface area contributed by atoms with Crippen molar-refractivity contribution < 1.29 is 4.74 Å². The number of methoxy groups -OCH3 is 1. The first kappa shape index (κ1) is 15.9. The molecule has 0 radical (unpaired) electrons. The lowest BCUT2D eigenvalue weighted by molar-refractivity contribution is 0.153. The Bertz CT molecular complexity index is 147. The van der Waals surface area contributed by atoms with Gasteiger partial charge in [-0.25, -0.2) is 0 Å². The number of ether oxygens (including phenoxy) is 1. The zero-order valence-electron chi connectivity index (χ0n) is 11.5. The Balaban J connectivity index is 4.26. The van der Waals surface area contributed by atoms with Gasteiger partial charge in [0, 0.05) is 19.8 Å². The first-order valence-corrected chi connectivity index (χ1v) is 6.66. The van der Waals surface area contributed by atoms with E-state index in [1.54, 1.807) is 7.11 Å². The van der Waals surface area contributed by atoms with Crippen molar-refractivity contribution in [3.05, 3.63) is 0 Å². The van der Waals surface area contributed by atoms with Crippen LogP contribution in [-0.4, -0.2) is 19.8 Å². The second-order valence-electron chi connectivity index (χ2n) is 4.79. The van der Waals surface area contributed by atoms with Gasteiger partial charge in [-0.3, -0.25) is 11.3 Å². The van der Waals surface area contributed by atoms with Crippen LogP contribution in [0.2, 0.25) is 0 Å². The van der Waals surface area contributed by atoms with E-state index in [1.165, 1.54) is 25.7 Å². The number of hydrogen-bond donors (Lipinski definition) is 2. The maximum Gasteiger partial charge on any atom is 0.0465 e. The van der Waals surface area contributed by atoms with Crippen LogP contribution in [0.5, 0.6) is 0 Å². The van der Waals surface area contributed by atoms with Crippen LogP contribution in [-0.2, 0) is 4.74 Å². The summed E-state index contributed by atoms with van der Waals surface area (Å²) in [7, 11) is 1.76. The quantitative estimate of drug-likeness (QED) is 0.448. The largest absolute Gasteiger partial charge is 0.385 e. The van der Waals surface area contributed by atoms with Gasteiger partial charge in [-0.05, 0) is 31.1 Å². The van der Waals surface area contributed by atoms with Crippen LogP contribution in [0.4, 0.5) is 0 Å². The molecule has 0 spiro atoms. The highest BCUT2D eigenvalue weighted by molar-refractivity contribution is 4.79. The van der Waals surface area contributed by atoms with Crippen LogP contribution in [0.3, 0.4) is 0 Å². The van der Waals surface area contributed by atoms with E-state index in [0.717, 1.165) is 13.0 Å². The molecule has 3 N–H and O–H groups in total. The lowest BCUT2D eigenvalue weighted by atomic mass is 9.82. The predicted molar refractivity (Wildman–Crippen MR) is 70.1 cm³/mol. The van der Waals surface area contributed by atoms with Gasteiger partial charge < -0.3 is 4.74 Å². The summed E-state index contributed by atoms with van der Waals surface area (Å²) < 4.78 is 5.14. The van der Waals surface area contributed by atoms with E-state index in [0.29, 0.717) is 17.9 Å². The Morgan fingerprint density at radius 1 is 1.12 bits per heavy atom. The van der Waals surface area contributed by atoms with Crippen molar-refractivity contribution in [3.63, 3.8) is 0 Å². The van der Waals surface area contributed by atoms with Crippen molar-refractivity contribution in [1.29, 1.82) is 0 Å². The van der Waals surface area contributed by atoms with Crippen molar-refractivity contribution in [1.82, 2.24) is 5.43 Å². The molecule has 2 atom stereocenters. The van der Waals surface area contributed by atoms with Gasteiger partial charge in [0.1, 0.15) is 0 Å². The van der Waals surface area contributed by atoms with Gasteiger partial charge in [0.05, 0.1) is 0 Å². The molecule has 0 fully saturated rings. The van der Waals surface area contributed by atoms with E-state index in [1.807, 2.05) is 0 Å². The first-order chi connectivity index (χ1) is 7.71. The Labute approximate surface area is 101 Å². The Morgan fingerprint density at radius 2 is 1.69 bits per heavy atom. The fourth-order valence-electron chi connectivity index (χ4n) is 2.49. The highest BCUT2D eigenvalue weighted by Gasteiger charge is 2.24. The molecule has 0 heterocycles. The molecule has 3 heteroatoms. The maximum absolute atomic E-state index is 5.72. The fraction of sp³-hybridized carbons (Fsp3) is 1.00. The summed E-state index contributed by atoms with van der Waals surface area (Å²) in [6.07, 6.45) is 6.08. The monoisotopic (exact) mass is 230 g/mol. The number of hydrogen-bond acceptors (Lipinski definition) is 3. The van der Waals surface area contributed by atoms with Crippen LogP contribution in [0.15, 0.2) is 0 Å². The molecular weight excluding hydrogens is 200 g/mol. The molecule has 0 bridgehead atoms. The van der Waals surface area contributed by atoms with Crippen molar-refractivity contribution in [2.75, 3.05) is 13.7 Å². The van der Waals surface area contributed by atoms with Crippen molar-refractivity contribution in [3.8, 4) is 0 Å². The van der Waals surface area contributed by atoms with E-state index >= 15 is 0 Å². The molecule has 0 aliphatic heterocycles. The second kappa shape index (κ2) is 10.1. The van der Waals surface area contributed by atoms with E-state index in [-0.39, 0.29) is 0 Å². The molecule has 0 aromatic heterocycles. The van der Waals surface area contributed by atoms with Gasteiger partial charge in [0.15, 0.2) is 0 Å². The molecule has 3 nitrogen and oxygen atoms in total. The smallest absolute Gasteiger partial charge is 0.0465 e. The van der Waals surface area contributed by atoms with Gasteiger partial charge in [-0.15, -0.1) is 0 Å². The highest BCUT2D eigenvalue weighted by Crippen LogP contribution is 2.24. The summed E-state index contributed by atoms with van der Waals surface area (Å²) in [5.41, 5.74) is 3.02. The Morgan fingerprint density at radius 3 is 2.06 bits per heavy atom. The molecule has 0 saturated carbocycles. The van der Waals surface area contributed by atoms with Gasteiger partial charge in [-0.2, -0.15) is 0 Å². The van der Waals surface area contributed by atoms with Crippen LogP contribution in [0.1, 0.15) is 52.9 Å². The van der Waals surface area contributed by atoms with Gasteiger partial charge in [0.2, 0.25) is 0 Å². The number of rotatable bonds is 10.